The minimum Gasteiger partial charge on any atom is -0.347 e. The number of amides is 2. The second-order valence-electron chi connectivity index (χ2n) is 8.96. The van der Waals surface area contributed by atoms with Gasteiger partial charge in [-0.25, -0.2) is 4.79 Å². The van der Waals surface area contributed by atoms with E-state index in [1.54, 1.807) is 0 Å². The van der Waals surface area contributed by atoms with Crippen molar-refractivity contribution >= 4 is 16.9 Å². The van der Waals surface area contributed by atoms with Gasteiger partial charge < -0.3 is 25.4 Å². The van der Waals surface area contributed by atoms with Crippen LogP contribution in [0.1, 0.15) is 50.2 Å². The highest BCUT2D eigenvalue weighted by Crippen LogP contribution is 2.43. The van der Waals surface area contributed by atoms with Crippen LogP contribution in [0.15, 0.2) is 24.4 Å². The van der Waals surface area contributed by atoms with Gasteiger partial charge in [0.2, 0.25) is 0 Å². The molecule has 2 aliphatic rings. The highest BCUT2D eigenvalue weighted by molar-refractivity contribution is 5.89. The molecule has 2 amide bonds. The topological polar surface area (TPSA) is 66.5 Å². The molecule has 3 N–H and O–H groups in total. The van der Waals surface area contributed by atoms with E-state index in [1.807, 2.05) is 18.7 Å². The first kappa shape index (κ1) is 21.2. The lowest BCUT2D eigenvalue weighted by Gasteiger charge is -2.45. The number of fused-ring (bicyclic) bond motifs is 2. The molecule has 0 saturated carbocycles. The number of aromatic nitrogens is 1. The maximum absolute atomic E-state index is 12.6. The molecule has 1 aliphatic heterocycles. The molecule has 2 heterocycles. The quantitative estimate of drug-likeness (QED) is 0.688. The summed E-state index contributed by atoms with van der Waals surface area (Å²) in [5.41, 5.74) is 10.00. The number of nitrogens with zero attached hydrogens (tertiary/aromatic N) is 3. The number of nitrogens with two attached hydrogens (primary N) is 1. The summed E-state index contributed by atoms with van der Waals surface area (Å²) in [6.07, 6.45) is 6.67. The lowest BCUT2D eigenvalue weighted by molar-refractivity contribution is 0.124. The Balaban J connectivity index is 1.59. The van der Waals surface area contributed by atoms with Gasteiger partial charge in [-0.2, -0.15) is 0 Å². The molecule has 0 spiro atoms. The number of aryl methyl sites for hydroxylation is 1. The van der Waals surface area contributed by atoms with Gasteiger partial charge in [0.1, 0.15) is 0 Å². The van der Waals surface area contributed by atoms with Crippen LogP contribution in [0.5, 0.6) is 0 Å². The Bertz CT molecular complexity index is 887. The summed E-state index contributed by atoms with van der Waals surface area (Å²) in [4.78, 5) is 17.0. The number of carbonyl (C=O) groups excluding carboxylic acids is 1. The minimum atomic E-state index is 0.0672. The van der Waals surface area contributed by atoms with Crippen LogP contribution in [0.2, 0.25) is 0 Å². The molecule has 30 heavy (non-hydrogen) atoms. The number of unbranched alkanes of at least 4 members (excludes halogenated alkanes) is 1. The molecule has 0 bridgehead atoms. The predicted octanol–water partition coefficient (Wildman–Crippen LogP) is 3.14. The second kappa shape index (κ2) is 8.98. The number of likely N-dealkylation sites (tertiary alicyclic amines) is 1. The minimum absolute atomic E-state index is 0.0672. The number of hydrogen-bond donors (Lipinski definition) is 2. The summed E-state index contributed by atoms with van der Waals surface area (Å²) in [5.74, 6) is 0.460. The first-order valence-electron chi connectivity index (χ1n) is 11.6. The van der Waals surface area contributed by atoms with Gasteiger partial charge in [-0.05, 0) is 70.3 Å². The Labute approximate surface area is 180 Å². The van der Waals surface area contributed by atoms with E-state index in [2.05, 4.69) is 46.2 Å². The van der Waals surface area contributed by atoms with Crippen LogP contribution in [0.25, 0.3) is 10.9 Å². The fraction of sp³-hybridized carbons (Fsp3) is 0.625. The number of likely N-dealkylation sites (N-methyl/N-ethyl adjacent to an activating group) is 1. The number of piperidine rings is 1. The van der Waals surface area contributed by atoms with E-state index in [0.717, 1.165) is 58.4 Å². The summed E-state index contributed by atoms with van der Waals surface area (Å²) in [7, 11) is 2.22. The Morgan fingerprint density at radius 3 is 2.80 bits per heavy atom. The number of nitrogens with one attached hydrogen (secondary N) is 1. The standard InChI is InChI=1S/C24H37N5O/c1-4-28(5-2)24(30)26-18-14-20-19-9-8-10-21-23(19)17(13-22(20)27(3)16-18)15-29(21)12-7-6-11-25/h8-10,15,18,20,22H,4-7,11-14,16,25H2,1-3H3,(H,26,30)/t18-,20+,22+/m0/s1. The molecule has 6 heteroatoms. The Kier molecular flexibility index (Phi) is 6.34. The van der Waals surface area contributed by atoms with E-state index < -0.39 is 0 Å². The zero-order valence-electron chi connectivity index (χ0n) is 18.7. The van der Waals surface area contributed by atoms with Crippen molar-refractivity contribution in [1.29, 1.82) is 0 Å². The van der Waals surface area contributed by atoms with Crippen LogP contribution in [0.4, 0.5) is 4.79 Å². The third-order valence-electron chi connectivity index (χ3n) is 7.15. The smallest absolute Gasteiger partial charge is 0.317 e. The maximum Gasteiger partial charge on any atom is 0.317 e. The second-order valence-corrected chi connectivity index (χ2v) is 8.96. The molecule has 0 unspecified atom stereocenters. The van der Waals surface area contributed by atoms with Crippen LogP contribution in [-0.2, 0) is 13.0 Å². The zero-order valence-corrected chi connectivity index (χ0v) is 18.7. The zero-order chi connectivity index (χ0) is 21.3. The Morgan fingerprint density at radius 2 is 2.07 bits per heavy atom. The van der Waals surface area contributed by atoms with Crippen LogP contribution in [0, 0.1) is 0 Å². The van der Waals surface area contributed by atoms with Crippen molar-refractivity contribution in [1.82, 2.24) is 19.7 Å². The van der Waals surface area contributed by atoms with Crippen molar-refractivity contribution in [3.05, 3.63) is 35.5 Å². The number of rotatable bonds is 7. The van der Waals surface area contributed by atoms with Crippen molar-refractivity contribution < 1.29 is 4.79 Å². The Hall–Kier alpha value is -2.05. The van der Waals surface area contributed by atoms with Gasteiger partial charge in [-0.1, -0.05) is 12.1 Å². The molecule has 0 radical (unpaired) electrons. The third-order valence-corrected chi connectivity index (χ3v) is 7.15. The van der Waals surface area contributed by atoms with Gasteiger partial charge in [0.15, 0.2) is 0 Å². The fourth-order valence-corrected chi connectivity index (χ4v) is 5.61. The predicted molar refractivity (Wildman–Crippen MR) is 123 cm³/mol. The molecule has 6 nitrogen and oxygen atoms in total. The lowest BCUT2D eigenvalue weighted by Crippen LogP contribution is -2.56. The van der Waals surface area contributed by atoms with Gasteiger partial charge >= 0.3 is 6.03 Å². The summed E-state index contributed by atoms with van der Waals surface area (Å²) < 4.78 is 2.43. The van der Waals surface area contributed by atoms with Crippen LogP contribution < -0.4 is 11.1 Å². The van der Waals surface area contributed by atoms with Gasteiger partial charge in [-0.15, -0.1) is 0 Å². The molecule has 1 aliphatic carbocycles. The average molecular weight is 412 g/mol. The first-order valence-corrected chi connectivity index (χ1v) is 11.6. The summed E-state index contributed by atoms with van der Waals surface area (Å²) in [6, 6.07) is 7.54. The van der Waals surface area contributed by atoms with E-state index in [4.69, 9.17) is 5.73 Å². The van der Waals surface area contributed by atoms with Gasteiger partial charge in [0.05, 0.1) is 0 Å². The summed E-state index contributed by atoms with van der Waals surface area (Å²) in [5, 5.41) is 4.76. The maximum atomic E-state index is 12.6. The van der Waals surface area contributed by atoms with E-state index in [1.165, 1.54) is 22.0 Å². The highest BCUT2D eigenvalue weighted by Gasteiger charge is 2.40. The van der Waals surface area contributed by atoms with Gasteiger partial charge in [0, 0.05) is 61.3 Å². The summed E-state index contributed by atoms with van der Waals surface area (Å²) in [6.45, 7) is 8.27. The molecule has 1 saturated heterocycles. The molecule has 1 aromatic carbocycles. The first-order chi connectivity index (χ1) is 14.6. The van der Waals surface area contributed by atoms with E-state index in [0.29, 0.717) is 12.0 Å². The van der Waals surface area contributed by atoms with Crippen molar-refractivity contribution in [3.63, 3.8) is 0 Å². The lowest BCUT2D eigenvalue weighted by atomic mass is 9.74. The number of urea groups is 1. The van der Waals surface area contributed by atoms with Crippen LogP contribution >= 0.6 is 0 Å². The molecular weight excluding hydrogens is 374 g/mol. The highest BCUT2D eigenvalue weighted by atomic mass is 16.2. The van der Waals surface area contributed by atoms with E-state index in [9.17, 15) is 4.79 Å². The Morgan fingerprint density at radius 1 is 1.27 bits per heavy atom. The summed E-state index contributed by atoms with van der Waals surface area (Å²) >= 11 is 0. The molecule has 2 aromatic rings. The van der Waals surface area contributed by atoms with Crippen LogP contribution in [0.3, 0.4) is 0 Å². The molecule has 164 valence electrons. The van der Waals surface area contributed by atoms with Gasteiger partial charge in [0.25, 0.3) is 0 Å². The van der Waals surface area contributed by atoms with Crippen molar-refractivity contribution in [3.8, 4) is 0 Å². The molecule has 4 rings (SSSR count). The molecule has 3 atom stereocenters. The molecule has 1 fully saturated rings. The monoisotopic (exact) mass is 411 g/mol. The van der Waals surface area contributed by atoms with E-state index in [-0.39, 0.29) is 12.1 Å². The van der Waals surface area contributed by atoms with E-state index >= 15 is 0 Å². The average Bonchev–Trinajstić information content (AvgIpc) is 3.09. The van der Waals surface area contributed by atoms with Crippen molar-refractivity contribution in [2.75, 3.05) is 33.2 Å². The van der Waals surface area contributed by atoms with Crippen molar-refractivity contribution in [2.45, 2.75) is 64.1 Å². The SMILES string of the molecule is CCN(CC)C(=O)N[C@H]1C[C@@H]2c3cccc4c3c(cn4CCCCN)C[C@H]2N(C)C1. The largest absolute Gasteiger partial charge is 0.347 e. The number of hydrogen-bond acceptors (Lipinski definition) is 3. The van der Waals surface area contributed by atoms with Crippen molar-refractivity contribution in [2.24, 2.45) is 5.73 Å². The third kappa shape index (κ3) is 3.83. The van der Waals surface area contributed by atoms with Gasteiger partial charge in [-0.3, -0.25) is 0 Å². The molecule has 1 aromatic heterocycles. The molecular formula is C24H37N5O. The fourth-order valence-electron chi connectivity index (χ4n) is 5.61. The normalized spacial score (nSPS) is 23.4. The number of carbonyl (C=O) groups is 1. The number of benzene rings is 1. The van der Waals surface area contributed by atoms with Crippen LogP contribution in [-0.4, -0.2) is 65.7 Å².